The molecule has 0 aromatic rings. The normalized spacial score (nSPS) is 40.7. The van der Waals surface area contributed by atoms with Crippen molar-refractivity contribution in [3.63, 3.8) is 0 Å². The molecule has 2 atom stereocenters. The zero-order valence-electron chi connectivity index (χ0n) is 6.02. The Balaban J connectivity index is 2.06. The largest absolute Gasteiger partial charge is 0.293 e. The Kier molecular flexibility index (Phi) is 1.31. The van der Waals surface area contributed by atoms with Crippen molar-refractivity contribution >= 4 is 0 Å². The molecule has 0 amide bonds. The molecule has 0 radical (unpaired) electrons. The predicted molar refractivity (Wildman–Crippen MR) is 38.6 cm³/mol. The topological polar surface area (TPSA) is 3.24 Å². The van der Waals surface area contributed by atoms with Crippen LogP contribution in [0.15, 0.2) is 12.2 Å². The quantitative estimate of drug-likeness (QED) is 0.460. The van der Waals surface area contributed by atoms with Crippen LogP contribution in [0.1, 0.15) is 12.8 Å². The monoisotopic (exact) mass is 141 g/mol. The second-order valence-electron chi connectivity index (χ2n) is 3.37. The van der Waals surface area contributed by atoms with Crippen LogP contribution in [0.4, 0.5) is 4.39 Å². The Morgan fingerprint density at radius 3 is 3.10 bits per heavy atom. The lowest BCUT2D eigenvalue weighted by Gasteiger charge is -2.11. The van der Waals surface area contributed by atoms with Crippen LogP contribution in [0.25, 0.3) is 0 Å². The Hall–Kier alpha value is -0.370. The summed E-state index contributed by atoms with van der Waals surface area (Å²) in [5, 5.41) is 0. The molecule has 0 unspecified atom stereocenters. The first-order chi connectivity index (χ1) is 4.75. The fourth-order valence-corrected chi connectivity index (χ4v) is 2.01. The molecule has 0 N–H and O–H groups in total. The van der Waals surface area contributed by atoms with E-state index in [4.69, 9.17) is 0 Å². The van der Waals surface area contributed by atoms with E-state index in [2.05, 4.69) is 11.5 Å². The van der Waals surface area contributed by atoms with E-state index in [1.54, 1.807) is 0 Å². The molecule has 0 aromatic heterocycles. The number of rotatable bonds is 0. The summed E-state index contributed by atoms with van der Waals surface area (Å²) < 4.78 is 12.7. The van der Waals surface area contributed by atoms with E-state index in [0.29, 0.717) is 12.6 Å². The maximum absolute atomic E-state index is 12.7. The van der Waals surface area contributed by atoms with Gasteiger partial charge in [-0.25, -0.2) is 4.39 Å². The van der Waals surface area contributed by atoms with Gasteiger partial charge in [0.1, 0.15) is 6.17 Å². The van der Waals surface area contributed by atoms with Gasteiger partial charge < -0.3 is 0 Å². The number of nitrogens with zero attached hydrogens (tertiary/aromatic N) is 1. The molecule has 2 rings (SSSR count). The average Bonchev–Trinajstić information content (AvgIpc) is 2.21. The van der Waals surface area contributed by atoms with E-state index in [0.717, 1.165) is 19.4 Å². The van der Waals surface area contributed by atoms with Gasteiger partial charge in [0.05, 0.1) is 0 Å². The van der Waals surface area contributed by atoms with E-state index in [1.807, 2.05) is 0 Å². The first-order valence-corrected chi connectivity index (χ1v) is 3.80. The molecule has 0 bridgehead atoms. The molecule has 56 valence electrons. The van der Waals surface area contributed by atoms with Crippen molar-refractivity contribution in [1.82, 2.24) is 4.90 Å². The minimum Gasteiger partial charge on any atom is -0.293 e. The molecule has 0 saturated carbocycles. The van der Waals surface area contributed by atoms with Crippen LogP contribution in [-0.4, -0.2) is 30.2 Å². The zero-order chi connectivity index (χ0) is 7.14. The minimum atomic E-state index is -0.571. The van der Waals surface area contributed by atoms with Crippen LogP contribution < -0.4 is 0 Å². The Morgan fingerprint density at radius 2 is 2.40 bits per heavy atom. The van der Waals surface area contributed by atoms with Gasteiger partial charge in [-0.15, -0.1) is 0 Å². The summed E-state index contributed by atoms with van der Waals surface area (Å²) in [6.07, 6.45) is 1.19. The molecule has 2 heterocycles. The maximum atomic E-state index is 12.7. The number of hydrogen-bond acceptors (Lipinski definition) is 1. The highest BCUT2D eigenvalue weighted by Gasteiger charge is 2.36. The lowest BCUT2D eigenvalue weighted by atomic mass is 10.1. The predicted octanol–water partition coefficient (Wildman–Crippen LogP) is 1.36. The van der Waals surface area contributed by atoms with Crippen LogP contribution in [0, 0.1) is 0 Å². The molecule has 10 heavy (non-hydrogen) atoms. The van der Waals surface area contributed by atoms with Gasteiger partial charge in [-0.05, 0) is 12.8 Å². The lowest BCUT2D eigenvalue weighted by molar-refractivity contribution is 0.297. The highest BCUT2D eigenvalue weighted by molar-refractivity contribution is 5.11. The Morgan fingerprint density at radius 1 is 1.60 bits per heavy atom. The average molecular weight is 141 g/mol. The summed E-state index contributed by atoms with van der Waals surface area (Å²) in [5.41, 5.74) is 1.27. The molecule has 0 aromatic carbocycles. The smallest absolute Gasteiger partial charge is 0.114 e. The summed E-state index contributed by atoms with van der Waals surface area (Å²) in [4.78, 5) is 2.20. The van der Waals surface area contributed by atoms with Gasteiger partial charge in [-0.3, -0.25) is 4.90 Å². The van der Waals surface area contributed by atoms with E-state index in [9.17, 15) is 4.39 Å². The third-order valence-corrected chi connectivity index (χ3v) is 2.43. The van der Waals surface area contributed by atoms with Crippen molar-refractivity contribution in [3.05, 3.63) is 12.2 Å². The first-order valence-electron chi connectivity index (χ1n) is 3.80. The Labute approximate surface area is 60.5 Å². The van der Waals surface area contributed by atoms with Crippen molar-refractivity contribution in [2.75, 3.05) is 13.1 Å². The van der Waals surface area contributed by atoms with E-state index in [1.165, 1.54) is 5.57 Å². The van der Waals surface area contributed by atoms with Crippen molar-refractivity contribution in [3.8, 4) is 0 Å². The second kappa shape index (κ2) is 2.06. The van der Waals surface area contributed by atoms with Gasteiger partial charge in [-0.1, -0.05) is 12.2 Å². The fourth-order valence-electron chi connectivity index (χ4n) is 2.01. The maximum Gasteiger partial charge on any atom is 0.114 e. The lowest BCUT2D eigenvalue weighted by Crippen LogP contribution is -2.22. The standard InChI is InChI=1S/C8H12FN/c1-6-2-8-3-7(9)5-10(8)4-6/h7-8H,1-5H2/t7-,8+/m0/s1. The minimum absolute atomic E-state index is 0.488. The van der Waals surface area contributed by atoms with Gasteiger partial charge >= 0.3 is 0 Å². The molecular formula is C8H12FN. The van der Waals surface area contributed by atoms with Crippen molar-refractivity contribution in [1.29, 1.82) is 0 Å². The van der Waals surface area contributed by atoms with Crippen LogP contribution >= 0.6 is 0 Å². The number of hydrogen-bond donors (Lipinski definition) is 0. The molecule has 1 nitrogen and oxygen atoms in total. The van der Waals surface area contributed by atoms with Crippen LogP contribution in [0.2, 0.25) is 0 Å². The summed E-state index contributed by atoms with van der Waals surface area (Å²) in [7, 11) is 0. The zero-order valence-corrected chi connectivity index (χ0v) is 6.02. The van der Waals surface area contributed by atoms with Crippen molar-refractivity contribution in [2.24, 2.45) is 0 Å². The Bertz CT molecular complexity index is 151. The summed E-state index contributed by atoms with van der Waals surface area (Å²) in [6, 6.07) is 0.488. The number of fused-ring (bicyclic) bond motifs is 1. The molecule has 0 spiro atoms. The number of alkyl halides is 1. The molecule has 0 aliphatic carbocycles. The summed E-state index contributed by atoms with van der Waals surface area (Å²) >= 11 is 0. The van der Waals surface area contributed by atoms with Crippen molar-refractivity contribution < 1.29 is 4.39 Å². The molecular weight excluding hydrogens is 129 g/mol. The van der Waals surface area contributed by atoms with Crippen molar-refractivity contribution in [2.45, 2.75) is 25.1 Å². The van der Waals surface area contributed by atoms with Crippen LogP contribution in [-0.2, 0) is 0 Å². The van der Waals surface area contributed by atoms with Gasteiger partial charge in [0.15, 0.2) is 0 Å². The highest BCUT2D eigenvalue weighted by Crippen LogP contribution is 2.31. The molecule has 2 saturated heterocycles. The second-order valence-corrected chi connectivity index (χ2v) is 3.37. The van der Waals surface area contributed by atoms with Crippen LogP contribution in [0.5, 0.6) is 0 Å². The summed E-state index contributed by atoms with van der Waals surface area (Å²) in [5.74, 6) is 0. The first kappa shape index (κ1) is 6.35. The molecule has 2 fully saturated rings. The third kappa shape index (κ3) is 0.870. The van der Waals surface area contributed by atoms with E-state index >= 15 is 0 Å². The molecule has 2 aliphatic rings. The number of halogens is 1. The molecule has 2 aliphatic heterocycles. The van der Waals surface area contributed by atoms with Crippen LogP contribution in [0.3, 0.4) is 0 Å². The summed E-state index contributed by atoms with van der Waals surface area (Å²) in [6.45, 7) is 5.48. The van der Waals surface area contributed by atoms with Gasteiger partial charge in [-0.2, -0.15) is 0 Å². The third-order valence-electron chi connectivity index (χ3n) is 2.43. The van der Waals surface area contributed by atoms with Gasteiger partial charge in [0.25, 0.3) is 0 Å². The van der Waals surface area contributed by atoms with Gasteiger partial charge in [0, 0.05) is 19.1 Å². The SMILES string of the molecule is C=C1C[C@@H]2C[C@H](F)CN2C1. The van der Waals surface area contributed by atoms with Gasteiger partial charge in [0.2, 0.25) is 0 Å². The van der Waals surface area contributed by atoms with E-state index < -0.39 is 6.17 Å². The molecule has 2 heteroatoms. The van der Waals surface area contributed by atoms with E-state index in [-0.39, 0.29) is 0 Å². The highest BCUT2D eigenvalue weighted by atomic mass is 19.1. The fraction of sp³-hybridized carbons (Fsp3) is 0.750.